The molecule has 2 rings (SSSR count). The van der Waals surface area contributed by atoms with Gasteiger partial charge in [-0.05, 0) is 49.2 Å². The third-order valence-corrected chi connectivity index (χ3v) is 4.31. The lowest BCUT2D eigenvalue weighted by atomic mass is 10.1. The smallest absolute Gasteiger partial charge is 0.312 e. The molecule has 0 saturated carbocycles. The van der Waals surface area contributed by atoms with Crippen LogP contribution in [0.1, 0.15) is 11.1 Å². The second kappa shape index (κ2) is 5.64. The van der Waals surface area contributed by atoms with Crippen molar-refractivity contribution < 1.29 is 18.4 Å². The third-order valence-electron chi connectivity index (χ3n) is 2.93. The van der Waals surface area contributed by atoms with E-state index in [1.165, 1.54) is 0 Å². The fourth-order valence-electron chi connectivity index (χ4n) is 2.06. The highest BCUT2D eigenvalue weighted by Gasteiger charge is 2.21. The summed E-state index contributed by atoms with van der Waals surface area (Å²) in [7, 11) is -3.99. The summed E-state index contributed by atoms with van der Waals surface area (Å²) in [5.74, 6) is -0.588. The van der Waals surface area contributed by atoms with E-state index < -0.39 is 26.4 Å². The Labute approximate surface area is 127 Å². The van der Waals surface area contributed by atoms with Crippen LogP contribution in [-0.4, -0.2) is 18.4 Å². The molecule has 0 heterocycles. The molecule has 116 valence electrons. The number of aromatic hydroxyl groups is 1. The molecule has 0 saturated heterocycles. The predicted octanol–water partition coefficient (Wildman–Crippen LogP) is 2.72. The average Bonchev–Trinajstić information content (AvgIpc) is 2.36. The minimum absolute atomic E-state index is 0.295. The zero-order valence-electron chi connectivity index (χ0n) is 11.9. The van der Waals surface area contributed by atoms with Gasteiger partial charge in [-0.15, -0.1) is 0 Å². The number of nitro groups is 1. The van der Waals surface area contributed by atoms with Crippen molar-refractivity contribution in [3.8, 4) is 5.75 Å². The summed E-state index contributed by atoms with van der Waals surface area (Å²) in [6, 6.07) is 8.10. The molecule has 0 aliphatic carbocycles. The van der Waals surface area contributed by atoms with Gasteiger partial charge in [0.05, 0.1) is 9.82 Å². The quantitative estimate of drug-likeness (QED) is 0.664. The Hall–Kier alpha value is -2.61. The van der Waals surface area contributed by atoms with Crippen molar-refractivity contribution in [1.29, 1.82) is 0 Å². The molecule has 0 atom stereocenters. The topological polar surface area (TPSA) is 110 Å². The van der Waals surface area contributed by atoms with Crippen molar-refractivity contribution in [2.45, 2.75) is 18.7 Å². The van der Waals surface area contributed by atoms with E-state index in [1.807, 2.05) is 19.9 Å². The second-order valence-corrected chi connectivity index (χ2v) is 6.57. The number of sulfonamides is 1. The van der Waals surface area contributed by atoms with E-state index in [4.69, 9.17) is 0 Å². The number of nitro benzene ring substituents is 1. The molecule has 0 aromatic heterocycles. The first-order valence-corrected chi connectivity index (χ1v) is 7.76. The average molecular weight is 322 g/mol. The van der Waals surface area contributed by atoms with Gasteiger partial charge in [0, 0.05) is 11.8 Å². The molecule has 0 radical (unpaired) electrons. The minimum Gasteiger partial charge on any atom is -0.502 e. The molecular weight excluding hydrogens is 308 g/mol. The van der Waals surface area contributed by atoms with Crippen LogP contribution in [0.15, 0.2) is 41.3 Å². The summed E-state index contributed by atoms with van der Waals surface area (Å²) in [6.45, 7) is 3.66. The van der Waals surface area contributed by atoms with Crippen molar-refractivity contribution in [1.82, 2.24) is 0 Å². The number of phenolic OH excluding ortho intramolecular Hbond substituents is 1. The highest BCUT2D eigenvalue weighted by Crippen LogP contribution is 2.29. The number of hydrogen-bond donors (Lipinski definition) is 2. The number of rotatable bonds is 4. The van der Waals surface area contributed by atoms with Crippen LogP contribution in [0.4, 0.5) is 11.4 Å². The summed E-state index contributed by atoms with van der Waals surface area (Å²) in [5, 5.41) is 20.2. The van der Waals surface area contributed by atoms with Crippen molar-refractivity contribution in [3.63, 3.8) is 0 Å². The highest BCUT2D eigenvalue weighted by molar-refractivity contribution is 7.92. The zero-order valence-corrected chi connectivity index (χ0v) is 12.7. The lowest BCUT2D eigenvalue weighted by molar-refractivity contribution is -0.386. The van der Waals surface area contributed by atoms with E-state index in [-0.39, 0.29) is 4.90 Å². The van der Waals surface area contributed by atoms with Crippen LogP contribution >= 0.6 is 0 Å². The first kappa shape index (κ1) is 15.8. The SMILES string of the molecule is Cc1cc(C)cc(NS(=O)(=O)c2ccc(O)c([N+](=O)[O-])c2)c1. The summed E-state index contributed by atoms with van der Waals surface area (Å²) >= 11 is 0. The van der Waals surface area contributed by atoms with Crippen LogP contribution in [0.5, 0.6) is 5.75 Å². The molecule has 2 aromatic carbocycles. The van der Waals surface area contributed by atoms with Crippen LogP contribution in [0, 0.1) is 24.0 Å². The van der Waals surface area contributed by atoms with Gasteiger partial charge in [-0.3, -0.25) is 14.8 Å². The molecule has 7 nitrogen and oxygen atoms in total. The van der Waals surface area contributed by atoms with E-state index in [2.05, 4.69) is 4.72 Å². The molecular formula is C14H14N2O5S. The van der Waals surface area contributed by atoms with Gasteiger partial charge < -0.3 is 5.11 Å². The number of aryl methyl sites for hydroxylation is 2. The molecule has 0 fully saturated rings. The molecule has 0 aliphatic rings. The predicted molar refractivity (Wildman–Crippen MR) is 81.5 cm³/mol. The maximum Gasteiger partial charge on any atom is 0.312 e. The van der Waals surface area contributed by atoms with E-state index in [0.717, 1.165) is 29.3 Å². The molecule has 2 N–H and O–H groups in total. The summed E-state index contributed by atoms with van der Waals surface area (Å²) in [6.07, 6.45) is 0. The molecule has 0 amide bonds. The number of nitrogens with zero attached hydrogens (tertiary/aromatic N) is 1. The third kappa shape index (κ3) is 3.34. The Morgan fingerprint density at radius 1 is 1.09 bits per heavy atom. The van der Waals surface area contributed by atoms with Gasteiger partial charge in [0.1, 0.15) is 0 Å². The first-order valence-electron chi connectivity index (χ1n) is 6.27. The molecule has 0 spiro atoms. The van der Waals surface area contributed by atoms with E-state index in [9.17, 15) is 23.6 Å². The molecule has 22 heavy (non-hydrogen) atoms. The summed E-state index contributed by atoms with van der Waals surface area (Å²) in [4.78, 5) is 9.64. The van der Waals surface area contributed by atoms with Crippen LogP contribution in [0.2, 0.25) is 0 Å². The molecule has 8 heteroatoms. The maximum absolute atomic E-state index is 12.3. The first-order chi connectivity index (χ1) is 10.2. The Morgan fingerprint density at radius 3 is 2.23 bits per heavy atom. The van der Waals surface area contributed by atoms with Gasteiger partial charge in [-0.1, -0.05) is 6.07 Å². The summed E-state index contributed by atoms with van der Waals surface area (Å²) < 4.78 is 27.0. The Kier molecular flexibility index (Phi) is 4.05. The number of benzene rings is 2. The number of hydrogen-bond acceptors (Lipinski definition) is 5. The largest absolute Gasteiger partial charge is 0.502 e. The molecule has 2 aromatic rings. The van der Waals surface area contributed by atoms with Gasteiger partial charge in [0.25, 0.3) is 10.0 Å². The minimum atomic E-state index is -3.99. The fraction of sp³-hybridized carbons (Fsp3) is 0.143. The van der Waals surface area contributed by atoms with Gasteiger partial charge in [0.2, 0.25) is 0 Å². The number of anilines is 1. The van der Waals surface area contributed by atoms with Crippen molar-refractivity contribution >= 4 is 21.4 Å². The Balaban J connectivity index is 2.42. The van der Waals surface area contributed by atoms with Gasteiger partial charge in [-0.2, -0.15) is 0 Å². The summed E-state index contributed by atoms with van der Waals surface area (Å²) in [5.41, 5.74) is 1.47. The van der Waals surface area contributed by atoms with E-state index in [1.54, 1.807) is 12.1 Å². The van der Waals surface area contributed by atoms with Crippen LogP contribution in [-0.2, 0) is 10.0 Å². The van der Waals surface area contributed by atoms with Gasteiger partial charge >= 0.3 is 5.69 Å². The molecule has 0 aliphatic heterocycles. The number of nitrogens with one attached hydrogen (secondary N) is 1. The van der Waals surface area contributed by atoms with E-state index in [0.29, 0.717) is 5.69 Å². The monoisotopic (exact) mass is 322 g/mol. The normalized spacial score (nSPS) is 11.2. The van der Waals surface area contributed by atoms with E-state index >= 15 is 0 Å². The molecule has 0 unspecified atom stereocenters. The van der Waals surface area contributed by atoms with Crippen LogP contribution in [0.25, 0.3) is 0 Å². The lowest BCUT2D eigenvalue weighted by Gasteiger charge is -2.10. The van der Waals surface area contributed by atoms with Crippen molar-refractivity contribution in [2.75, 3.05) is 4.72 Å². The molecule has 0 bridgehead atoms. The lowest BCUT2D eigenvalue weighted by Crippen LogP contribution is -2.13. The highest BCUT2D eigenvalue weighted by atomic mass is 32.2. The standard InChI is InChI=1S/C14H14N2O5S/c1-9-5-10(2)7-11(6-9)15-22(20,21)12-3-4-14(17)13(8-12)16(18)19/h3-8,15,17H,1-2H3. The zero-order chi connectivity index (χ0) is 16.5. The van der Waals surface area contributed by atoms with Gasteiger partial charge in [0.15, 0.2) is 5.75 Å². The van der Waals surface area contributed by atoms with Crippen LogP contribution in [0.3, 0.4) is 0 Å². The van der Waals surface area contributed by atoms with Gasteiger partial charge in [-0.25, -0.2) is 8.42 Å². The fourth-order valence-corrected chi connectivity index (χ4v) is 3.12. The Bertz CT molecular complexity index is 826. The maximum atomic E-state index is 12.3. The number of phenols is 1. The Morgan fingerprint density at radius 2 is 1.68 bits per heavy atom. The second-order valence-electron chi connectivity index (χ2n) is 4.89. The van der Waals surface area contributed by atoms with Crippen molar-refractivity contribution in [3.05, 3.63) is 57.6 Å². The van der Waals surface area contributed by atoms with Crippen LogP contribution < -0.4 is 4.72 Å². The van der Waals surface area contributed by atoms with Crippen molar-refractivity contribution in [2.24, 2.45) is 0 Å².